The molecule has 3 rings (SSSR count). The van der Waals surface area contributed by atoms with E-state index in [2.05, 4.69) is 16.3 Å². The first-order chi connectivity index (χ1) is 8.27. The highest BCUT2D eigenvalue weighted by atomic mass is 16.3. The lowest BCUT2D eigenvalue weighted by Crippen LogP contribution is -2.13. The first-order valence-corrected chi connectivity index (χ1v) is 5.76. The highest BCUT2D eigenvalue weighted by Crippen LogP contribution is 2.51. The number of nitrogen functional groups attached to an aromatic ring is 1. The quantitative estimate of drug-likeness (QED) is 0.749. The third kappa shape index (κ3) is 1.52. The standard InChI is InChI=1S/C13H15N3O/c14-12-10(7-15-16-12)9-3-1-2-4-11(9)13(8-17)5-6-13/h1-4,7,17H,5-6,8H2,(H3,14,15,16). The van der Waals surface area contributed by atoms with Crippen molar-refractivity contribution in [2.75, 3.05) is 12.3 Å². The third-order valence-electron chi connectivity index (χ3n) is 3.61. The number of aromatic nitrogens is 2. The molecule has 0 bridgehead atoms. The number of anilines is 1. The highest BCUT2D eigenvalue weighted by molar-refractivity contribution is 5.77. The van der Waals surface area contributed by atoms with Crippen LogP contribution in [0.4, 0.5) is 5.82 Å². The van der Waals surface area contributed by atoms with Crippen molar-refractivity contribution in [2.45, 2.75) is 18.3 Å². The lowest BCUT2D eigenvalue weighted by atomic mass is 9.89. The fourth-order valence-electron chi connectivity index (χ4n) is 2.35. The summed E-state index contributed by atoms with van der Waals surface area (Å²) in [6.07, 6.45) is 3.82. The number of H-pyrrole nitrogens is 1. The molecule has 0 amide bonds. The molecule has 0 radical (unpaired) electrons. The zero-order valence-electron chi connectivity index (χ0n) is 9.48. The Morgan fingerprint density at radius 3 is 2.65 bits per heavy atom. The van der Waals surface area contributed by atoms with Gasteiger partial charge in [0.15, 0.2) is 0 Å². The number of aliphatic hydroxyl groups excluding tert-OH is 1. The van der Waals surface area contributed by atoms with Crippen molar-refractivity contribution >= 4 is 5.82 Å². The van der Waals surface area contributed by atoms with Gasteiger partial charge < -0.3 is 10.8 Å². The normalized spacial score (nSPS) is 17.0. The molecule has 88 valence electrons. The molecule has 0 atom stereocenters. The molecule has 1 heterocycles. The van der Waals surface area contributed by atoms with Crippen LogP contribution in [-0.4, -0.2) is 21.9 Å². The fourth-order valence-corrected chi connectivity index (χ4v) is 2.35. The Bertz CT molecular complexity index is 543. The fraction of sp³-hybridized carbons (Fsp3) is 0.308. The van der Waals surface area contributed by atoms with Crippen molar-refractivity contribution in [3.05, 3.63) is 36.0 Å². The van der Waals surface area contributed by atoms with Crippen LogP contribution in [0.1, 0.15) is 18.4 Å². The maximum absolute atomic E-state index is 9.55. The molecule has 17 heavy (non-hydrogen) atoms. The van der Waals surface area contributed by atoms with Crippen molar-refractivity contribution < 1.29 is 5.11 Å². The van der Waals surface area contributed by atoms with Crippen LogP contribution in [0.3, 0.4) is 0 Å². The van der Waals surface area contributed by atoms with E-state index in [0.29, 0.717) is 5.82 Å². The monoisotopic (exact) mass is 229 g/mol. The smallest absolute Gasteiger partial charge is 0.126 e. The van der Waals surface area contributed by atoms with Crippen LogP contribution in [0.5, 0.6) is 0 Å². The molecule has 4 heteroatoms. The highest BCUT2D eigenvalue weighted by Gasteiger charge is 2.45. The predicted molar refractivity (Wildman–Crippen MR) is 66.4 cm³/mol. The molecule has 2 aromatic rings. The van der Waals surface area contributed by atoms with Crippen LogP contribution in [-0.2, 0) is 5.41 Å². The molecule has 1 saturated carbocycles. The molecule has 0 spiro atoms. The van der Waals surface area contributed by atoms with Gasteiger partial charge in [0.2, 0.25) is 0 Å². The van der Waals surface area contributed by atoms with Crippen LogP contribution < -0.4 is 5.73 Å². The lowest BCUT2D eigenvalue weighted by molar-refractivity contribution is 0.255. The summed E-state index contributed by atoms with van der Waals surface area (Å²) in [4.78, 5) is 0. The zero-order valence-corrected chi connectivity index (χ0v) is 9.48. The largest absolute Gasteiger partial charge is 0.395 e. The Balaban J connectivity index is 2.15. The Hall–Kier alpha value is -1.81. The van der Waals surface area contributed by atoms with E-state index in [9.17, 15) is 5.11 Å². The Morgan fingerprint density at radius 2 is 2.06 bits per heavy atom. The van der Waals surface area contributed by atoms with Gasteiger partial charge in [-0.2, -0.15) is 5.10 Å². The number of benzene rings is 1. The molecule has 1 aliphatic rings. The van der Waals surface area contributed by atoms with Gasteiger partial charge in [-0.1, -0.05) is 24.3 Å². The van der Waals surface area contributed by atoms with Crippen LogP contribution >= 0.6 is 0 Å². The van der Waals surface area contributed by atoms with Crippen LogP contribution in [0, 0.1) is 0 Å². The molecule has 1 fully saturated rings. The van der Waals surface area contributed by atoms with Crippen LogP contribution in [0.2, 0.25) is 0 Å². The SMILES string of the molecule is Nc1[nH]ncc1-c1ccccc1C1(CO)CC1. The van der Waals surface area contributed by atoms with E-state index in [4.69, 9.17) is 5.73 Å². The van der Waals surface area contributed by atoms with Gasteiger partial charge in [0.1, 0.15) is 5.82 Å². The van der Waals surface area contributed by atoms with E-state index in [-0.39, 0.29) is 12.0 Å². The predicted octanol–water partition coefficient (Wildman–Crippen LogP) is 1.68. The molecule has 0 aliphatic heterocycles. The Labute approximate surface area is 99.5 Å². The van der Waals surface area contributed by atoms with Crippen molar-refractivity contribution in [3.8, 4) is 11.1 Å². The maximum atomic E-state index is 9.55. The number of aliphatic hydroxyl groups is 1. The minimum Gasteiger partial charge on any atom is -0.395 e. The number of aromatic amines is 1. The number of nitrogens with one attached hydrogen (secondary N) is 1. The summed E-state index contributed by atoms with van der Waals surface area (Å²) in [6, 6.07) is 8.10. The molecule has 4 N–H and O–H groups in total. The first kappa shape index (κ1) is 10.4. The Morgan fingerprint density at radius 1 is 1.29 bits per heavy atom. The summed E-state index contributed by atoms with van der Waals surface area (Å²) in [6.45, 7) is 0.196. The van der Waals surface area contributed by atoms with E-state index >= 15 is 0 Å². The van der Waals surface area contributed by atoms with Gasteiger partial charge in [-0.3, -0.25) is 5.10 Å². The van der Waals surface area contributed by atoms with Gasteiger partial charge in [0, 0.05) is 11.0 Å². The second-order valence-corrected chi connectivity index (χ2v) is 4.68. The van der Waals surface area contributed by atoms with Crippen LogP contribution in [0.25, 0.3) is 11.1 Å². The summed E-state index contributed by atoms with van der Waals surface area (Å²) in [5, 5.41) is 16.3. The molecule has 1 aromatic carbocycles. The summed E-state index contributed by atoms with van der Waals surface area (Å²) >= 11 is 0. The van der Waals surface area contributed by atoms with Gasteiger partial charge in [0.25, 0.3) is 0 Å². The topological polar surface area (TPSA) is 74.9 Å². The Kier molecular flexibility index (Phi) is 2.19. The molecule has 0 unspecified atom stereocenters. The average molecular weight is 229 g/mol. The second-order valence-electron chi connectivity index (χ2n) is 4.68. The first-order valence-electron chi connectivity index (χ1n) is 5.76. The van der Waals surface area contributed by atoms with E-state index in [0.717, 1.165) is 24.0 Å². The molecule has 1 aromatic heterocycles. The van der Waals surface area contributed by atoms with E-state index in [1.807, 2.05) is 18.2 Å². The number of nitrogens with zero attached hydrogens (tertiary/aromatic N) is 1. The van der Waals surface area contributed by atoms with Crippen molar-refractivity contribution in [3.63, 3.8) is 0 Å². The van der Waals surface area contributed by atoms with Gasteiger partial charge >= 0.3 is 0 Å². The van der Waals surface area contributed by atoms with Crippen LogP contribution in [0.15, 0.2) is 30.5 Å². The minimum atomic E-state index is -0.0553. The molecule has 1 aliphatic carbocycles. The average Bonchev–Trinajstić information content (AvgIpc) is 3.06. The summed E-state index contributed by atoms with van der Waals surface area (Å²) in [5.41, 5.74) is 8.98. The summed E-state index contributed by atoms with van der Waals surface area (Å²) in [7, 11) is 0. The van der Waals surface area contributed by atoms with Gasteiger partial charge in [-0.25, -0.2) is 0 Å². The van der Waals surface area contributed by atoms with E-state index < -0.39 is 0 Å². The number of hydrogen-bond donors (Lipinski definition) is 3. The van der Waals surface area contributed by atoms with Gasteiger partial charge in [-0.15, -0.1) is 0 Å². The number of rotatable bonds is 3. The van der Waals surface area contributed by atoms with Gasteiger partial charge in [-0.05, 0) is 24.0 Å². The van der Waals surface area contributed by atoms with Crippen molar-refractivity contribution in [1.82, 2.24) is 10.2 Å². The molecular formula is C13H15N3O. The maximum Gasteiger partial charge on any atom is 0.126 e. The van der Waals surface area contributed by atoms with E-state index in [1.165, 1.54) is 5.56 Å². The minimum absolute atomic E-state index is 0.0553. The van der Waals surface area contributed by atoms with Gasteiger partial charge in [0.05, 0.1) is 12.8 Å². The summed E-state index contributed by atoms with van der Waals surface area (Å²) < 4.78 is 0. The zero-order chi connectivity index (χ0) is 11.9. The lowest BCUT2D eigenvalue weighted by Gasteiger charge is -2.16. The van der Waals surface area contributed by atoms with E-state index in [1.54, 1.807) is 6.20 Å². The third-order valence-corrected chi connectivity index (χ3v) is 3.61. The molecule has 0 saturated heterocycles. The second kappa shape index (κ2) is 3.60. The van der Waals surface area contributed by atoms with Crippen molar-refractivity contribution in [1.29, 1.82) is 0 Å². The summed E-state index contributed by atoms with van der Waals surface area (Å²) in [5.74, 6) is 0.575. The number of nitrogens with two attached hydrogens (primary N) is 1. The number of hydrogen-bond acceptors (Lipinski definition) is 3. The molecule has 4 nitrogen and oxygen atoms in total. The molecular weight excluding hydrogens is 214 g/mol. The van der Waals surface area contributed by atoms with Crippen molar-refractivity contribution in [2.24, 2.45) is 0 Å².